The van der Waals surface area contributed by atoms with Crippen LogP contribution in [0.4, 0.5) is 0 Å². The lowest BCUT2D eigenvalue weighted by atomic mass is 10.2. The van der Waals surface area contributed by atoms with Gasteiger partial charge in [-0.05, 0) is 32.4 Å². The molecule has 0 aromatic heterocycles. The standard InChI is InChI=1S/C12H21N3O2/c1-14(8-9-15-6-2-3-7-15)12(17)10-4-5-11(16)13-10/h10H,2-9H2,1H3,(H,13,16). The average molecular weight is 239 g/mol. The summed E-state index contributed by atoms with van der Waals surface area (Å²) in [6, 6.07) is -0.286. The monoisotopic (exact) mass is 239 g/mol. The maximum absolute atomic E-state index is 12.0. The molecular weight excluding hydrogens is 218 g/mol. The van der Waals surface area contributed by atoms with E-state index in [1.54, 1.807) is 4.90 Å². The minimum Gasteiger partial charge on any atom is -0.344 e. The molecule has 0 saturated carbocycles. The van der Waals surface area contributed by atoms with Crippen molar-refractivity contribution in [3.8, 4) is 0 Å². The SMILES string of the molecule is CN(CCN1CCCC1)C(=O)C1CCC(=O)N1. The van der Waals surface area contributed by atoms with E-state index in [2.05, 4.69) is 10.2 Å². The largest absolute Gasteiger partial charge is 0.344 e. The van der Waals surface area contributed by atoms with Crippen LogP contribution in [0.15, 0.2) is 0 Å². The van der Waals surface area contributed by atoms with Gasteiger partial charge >= 0.3 is 0 Å². The van der Waals surface area contributed by atoms with E-state index in [4.69, 9.17) is 0 Å². The summed E-state index contributed by atoms with van der Waals surface area (Å²) in [6.07, 6.45) is 3.68. The second-order valence-corrected chi connectivity index (χ2v) is 4.97. The Balaban J connectivity index is 1.72. The lowest BCUT2D eigenvalue weighted by molar-refractivity contribution is -0.133. The van der Waals surface area contributed by atoms with Crippen molar-refractivity contribution in [1.29, 1.82) is 0 Å². The van der Waals surface area contributed by atoms with Gasteiger partial charge in [0, 0.05) is 26.6 Å². The fraction of sp³-hybridized carbons (Fsp3) is 0.833. The van der Waals surface area contributed by atoms with Crippen molar-refractivity contribution in [3.63, 3.8) is 0 Å². The first-order valence-electron chi connectivity index (χ1n) is 6.43. The number of amides is 2. The van der Waals surface area contributed by atoms with E-state index >= 15 is 0 Å². The number of rotatable bonds is 4. The number of hydrogen-bond acceptors (Lipinski definition) is 3. The molecule has 17 heavy (non-hydrogen) atoms. The van der Waals surface area contributed by atoms with Crippen LogP contribution in [-0.2, 0) is 9.59 Å². The van der Waals surface area contributed by atoms with Crippen molar-refractivity contribution in [2.24, 2.45) is 0 Å². The maximum atomic E-state index is 12.0. The lowest BCUT2D eigenvalue weighted by Crippen LogP contribution is -2.45. The number of likely N-dealkylation sites (N-methyl/N-ethyl adjacent to an activating group) is 1. The van der Waals surface area contributed by atoms with Crippen LogP contribution in [0.1, 0.15) is 25.7 Å². The second-order valence-electron chi connectivity index (χ2n) is 4.97. The third kappa shape index (κ3) is 3.19. The summed E-state index contributed by atoms with van der Waals surface area (Å²) >= 11 is 0. The van der Waals surface area contributed by atoms with Gasteiger partial charge in [0.25, 0.3) is 0 Å². The van der Waals surface area contributed by atoms with Crippen LogP contribution in [0.2, 0.25) is 0 Å². The first-order chi connectivity index (χ1) is 8.16. The third-order valence-electron chi connectivity index (χ3n) is 3.62. The van der Waals surface area contributed by atoms with E-state index in [1.165, 1.54) is 12.8 Å². The summed E-state index contributed by atoms with van der Waals surface area (Å²) < 4.78 is 0. The second kappa shape index (κ2) is 5.49. The maximum Gasteiger partial charge on any atom is 0.244 e. The van der Waals surface area contributed by atoms with E-state index < -0.39 is 0 Å². The van der Waals surface area contributed by atoms with Crippen LogP contribution in [0.3, 0.4) is 0 Å². The predicted molar refractivity (Wildman–Crippen MR) is 64.5 cm³/mol. The molecule has 2 rings (SSSR count). The highest BCUT2D eigenvalue weighted by Crippen LogP contribution is 2.10. The third-order valence-corrected chi connectivity index (χ3v) is 3.62. The molecule has 0 aromatic rings. The predicted octanol–water partition coefficient (Wildman–Crippen LogP) is -0.181. The van der Waals surface area contributed by atoms with Gasteiger partial charge in [0.2, 0.25) is 11.8 Å². The molecule has 2 aliphatic heterocycles. The van der Waals surface area contributed by atoms with Crippen molar-refractivity contribution >= 4 is 11.8 Å². The molecule has 0 spiro atoms. The summed E-state index contributed by atoms with van der Waals surface area (Å²) in [5.74, 6) is 0.0475. The highest BCUT2D eigenvalue weighted by molar-refractivity contribution is 5.90. The first kappa shape index (κ1) is 12.4. The Kier molecular flexibility index (Phi) is 3.99. The molecule has 1 unspecified atom stereocenters. The number of carbonyl (C=O) groups is 2. The summed E-state index contributed by atoms with van der Waals surface area (Å²) in [4.78, 5) is 27.2. The van der Waals surface area contributed by atoms with Crippen molar-refractivity contribution in [2.75, 3.05) is 33.2 Å². The fourth-order valence-electron chi connectivity index (χ4n) is 2.47. The molecule has 5 heteroatoms. The molecule has 0 aromatic carbocycles. The molecular formula is C12H21N3O2. The fourth-order valence-corrected chi connectivity index (χ4v) is 2.47. The van der Waals surface area contributed by atoms with Gasteiger partial charge in [0.05, 0.1) is 0 Å². The zero-order valence-electron chi connectivity index (χ0n) is 10.4. The molecule has 2 amide bonds. The molecule has 0 radical (unpaired) electrons. The van der Waals surface area contributed by atoms with Gasteiger partial charge in [-0.1, -0.05) is 0 Å². The van der Waals surface area contributed by atoms with Gasteiger partial charge in [-0.3, -0.25) is 9.59 Å². The van der Waals surface area contributed by atoms with Gasteiger partial charge < -0.3 is 15.1 Å². The number of hydrogen-bond donors (Lipinski definition) is 1. The highest BCUT2D eigenvalue weighted by Gasteiger charge is 2.29. The van der Waals surface area contributed by atoms with E-state index in [1.807, 2.05) is 7.05 Å². The first-order valence-corrected chi connectivity index (χ1v) is 6.43. The summed E-state index contributed by atoms with van der Waals surface area (Å²) in [5.41, 5.74) is 0. The van der Waals surface area contributed by atoms with Crippen LogP contribution >= 0.6 is 0 Å². The van der Waals surface area contributed by atoms with Crippen LogP contribution in [0.25, 0.3) is 0 Å². The zero-order valence-corrected chi connectivity index (χ0v) is 10.4. The van der Waals surface area contributed by atoms with Gasteiger partial charge in [0.15, 0.2) is 0 Å². The molecule has 0 bridgehead atoms. The summed E-state index contributed by atoms with van der Waals surface area (Å²) in [5, 5.41) is 2.72. The van der Waals surface area contributed by atoms with Crippen molar-refractivity contribution in [3.05, 3.63) is 0 Å². The quantitative estimate of drug-likeness (QED) is 0.740. The Morgan fingerprint density at radius 2 is 2.18 bits per heavy atom. The van der Waals surface area contributed by atoms with Gasteiger partial charge in [0.1, 0.15) is 6.04 Å². The van der Waals surface area contributed by atoms with Crippen LogP contribution < -0.4 is 5.32 Å². The molecule has 96 valence electrons. The average Bonchev–Trinajstić information content (AvgIpc) is 2.95. The molecule has 0 aliphatic carbocycles. The Labute approximate surface area is 102 Å². The number of carbonyl (C=O) groups excluding carboxylic acids is 2. The normalized spacial score (nSPS) is 25.0. The minimum absolute atomic E-state index is 0.00343. The number of nitrogens with one attached hydrogen (secondary N) is 1. The Morgan fingerprint density at radius 1 is 1.47 bits per heavy atom. The molecule has 1 N–H and O–H groups in total. The van der Waals surface area contributed by atoms with Crippen molar-refractivity contribution in [2.45, 2.75) is 31.7 Å². The van der Waals surface area contributed by atoms with Gasteiger partial charge in [-0.25, -0.2) is 0 Å². The Morgan fingerprint density at radius 3 is 2.76 bits per heavy atom. The van der Waals surface area contributed by atoms with Crippen LogP contribution in [-0.4, -0.2) is 60.9 Å². The minimum atomic E-state index is -0.286. The molecule has 2 heterocycles. The zero-order chi connectivity index (χ0) is 12.3. The summed E-state index contributed by atoms with van der Waals surface area (Å²) in [7, 11) is 1.82. The van der Waals surface area contributed by atoms with E-state index in [0.717, 1.165) is 26.2 Å². The number of likely N-dealkylation sites (tertiary alicyclic amines) is 1. The molecule has 2 fully saturated rings. The van der Waals surface area contributed by atoms with Crippen molar-refractivity contribution in [1.82, 2.24) is 15.1 Å². The topological polar surface area (TPSA) is 52.7 Å². The Bertz CT molecular complexity index is 300. The van der Waals surface area contributed by atoms with E-state index in [0.29, 0.717) is 12.8 Å². The smallest absolute Gasteiger partial charge is 0.244 e. The van der Waals surface area contributed by atoms with Gasteiger partial charge in [-0.2, -0.15) is 0 Å². The molecule has 5 nitrogen and oxygen atoms in total. The van der Waals surface area contributed by atoms with E-state index in [9.17, 15) is 9.59 Å². The lowest BCUT2D eigenvalue weighted by Gasteiger charge is -2.23. The van der Waals surface area contributed by atoms with E-state index in [-0.39, 0.29) is 17.9 Å². The van der Waals surface area contributed by atoms with Crippen molar-refractivity contribution < 1.29 is 9.59 Å². The highest BCUT2D eigenvalue weighted by atomic mass is 16.2. The number of nitrogens with zero attached hydrogens (tertiary/aromatic N) is 2. The van der Waals surface area contributed by atoms with Crippen LogP contribution in [0, 0.1) is 0 Å². The summed E-state index contributed by atoms with van der Waals surface area (Å²) in [6.45, 7) is 4.01. The molecule has 1 atom stereocenters. The van der Waals surface area contributed by atoms with Crippen LogP contribution in [0.5, 0.6) is 0 Å². The molecule has 2 saturated heterocycles. The Hall–Kier alpha value is -1.10. The van der Waals surface area contributed by atoms with Gasteiger partial charge in [-0.15, -0.1) is 0 Å². The molecule has 2 aliphatic rings.